The van der Waals surface area contributed by atoms with Crippen molar-refractivity contribution in [2.24, 2.45) is 7.05 Å². The minimum atomic E-state index is 0.0217. The highest BCUT2D eigenvalue weighted by Crippen LogP contribution is 2.25. The first kappa shape index (κ1) is 13.7. The van der Waals surface area contributed by atoms with Crippen LogP contribution in [0.25, 0.3) is 0 Å². The van der Waals surface area contributed by atoms with Crippen LogP contribution < -0.4 is 5.73 Å². The van der Waals surface area contributed by atoms with Crippen LogP contribution in [0.4, 0.5) is 5.82 Å². The monoisotopic (exact) mass is 257 g/mol. The highest BCUT2D eigenvalue weighted by atomic mass is 15.1. The smallest absolute Gasteiger partial charge is 0.126 e. The molecule has 1 aromatic carbocycles. The predicted octanol–water partition coefficient (Wildman–Crippen LogP) is 3.09. The maximum absolute atomic E-state index is 6.16. The van der Waals surface area contributed by atoms with E-state index in [2.05, 4.69) is 45.0 Å². The van der Waals surface area contributed by atoms with Gasteiger partial charge < -0.3 is 10.3 Å². The lowest BCUT2D eigenvalue weighted by atomic mass is 9.96. The molecular formula is C16H23N3. The van der Waals surface area contributed by atoms with Crippen molar-refractivity contribution in [2.75, 3.05) is 5.73 Å². The minimum absolute atomic E-state index is 0.0217. The quantitative estimate of drug-likeness (QED) is 0.918. The molecule has 0 saturated heterocycles. The van der Waals surface area contributed by atoms with Crippen LogP contribution in [0.3, 0.4) is 0 Å². The summed E-state index contributed by atoms with van der Waals surface area (Å²) in [7, 11) is 1.99. The maximum atomic E-state index is 6.16. The summed E-state index contributed by atoms with van der Waals surface area (Å²) in [4.78, 5) is 4.73. The predicted molar refractivity (Wildman–Crippen MR) is 80.2 cm³/mol. The second-order valence-electron chi connectivity index (χ2n) is 6.06. The summed E-state index contributed by atoms with van der Waals surface area (Å²) in [5.41, 5.74) is 8.52. The third-order valence-corrected chi connectivity index (χ3v) is 3.38. The summed E-state index contributed by atoms with van der Waals surface area (Å²) in [6.45, 7) is 6.49. The van der Waals surface area contributed by atoms with Gasteiger partial charge in [-0.3, -0.25) is 0 Å². The van der Waals surface area contributed by atoms with E-state index in [1.165, 1.54) is 5.56 Å². The van der Waals surface area contributed by atoms with Crippen LogP contribution in [-0.2, 0) is 25.3 Å². The van der Waals surface area contributed by atoms with Gasteiger partial charge in [-0.05, 0) is 18.4 Å². The zero-order valence-electron chi connectivity index (χ0n) is 12.3. The first-order valence-corrected chi connectivity index (χ1v) is 6.75. The number of aromatic nitrogens is 2. The number of hydrogen-bond donors (Lipinski definition) is 1. The molecule has 0 unspecified atom stereocenters. The average molecular weight is 257 g/mol. The fraction of sp³-hybridized carbons (Fsp3) is 0.438. The average Bonchev–Trinajstić information content (AvgIpc) is 2.65. The van der Waals surface area contributed by atoms with E-state index in [0.717, 1.165) is 30.2 Å². The van der Waals surface area contributed by atoms with Crippen molar-refractivity contribution in [3.8, 4) is 0 Å². The van der Waals surface area contributed by atoms with Crippen LogP contribution in [0, 0.1) is 0 Å². The first-order valence-electron chi connectivity index (χ1n) is 6.75. The third kappa shape index (κ3) is 2.98. The Morgan fingerprint density at radius 3 is 2.26 bits per heavy atom. The molecule has 0 saturated carbocycles. The topological polar surface area (TPSA) is 43.8 Å². The minimum Gasteiger partial charge on any atom is -0.384 e. The van der Waals surface area contributed by atoms with E-state index in [4.69, 9.17) is 10.7 Å². The molecule has 0 radical (unpaired) electrons. The number of nitrogens with two attached hydrogens (primary N) is 1. The molecule has 2 aromatic rings. The number of rotatable bonds is 3. The van der Waals surface area contributed by atoms with Crippen molar-refractivity contribution in [1.29, 1.82) is 0 Å². The highest BCUT2D eigenvalue weighted by Gasteiger charge is 2.22. The summed E-state index contributed by atoms with van der Waals surface area (Å²) < 4.78 is 2.01. The lowest BCUT2D eigenvalue weighted by Gasteiger charge is -2.17. The van der Waals surface area contributed by atoms with Gasteiger partial charge in [0.2, 0.25) is 0 Å². The zero-order chi connectivity index (χ0) is 14.0. The largest absolute Gasteiger partial charge is 0.384 e. The molecule has 3 heteroatoms. The fourth-order valence-corrected chi connectivity index (χ4v) is 2.33. The molecule has 0 amide bonds. The van der Waals surface area contributed by atoms with Crippen molar-refractivity contribution < 1.29 is 0 Å². The Hall–Kier alpha value is -1.77. The number of anilines is 1. The Labute approximate surface area is 115 Å². The van der Waals surface area contributed by atoms with Gasteiger partial charge in [0, 0.05) is 12.5 Å². The van der Waals surface area contributed by atoms with Crippen molar-refractivity contribution in [3.05, 3.63) is 47.4 Å². The van der Waals surface area contributed by atoms with Crippen LogP contribution in [0.5, 0.6) is 0 Å². The number of hydrogen-bond acceptors (Lipinski definition) is 2. The van der Waals surface area contributed by atoms with E-state index in [9.17, 15) is 0 Å². The molecule has 0 aliphatic rings. The van der Waals surface area contributed by atoms with Gasteiger partial charge in [0.15, 0.2) is 0 Å². The number of nitrogen functional groups attached to an aromatic ring is 1. The third-order valence-electron chi connectivity index (χ3n) is 3.38. The molecule has 2 rings (SSSR count). The van der Waals surface area contributed by atoms with Crippen LogP contribution in [-0.4, -0.2) is 9.55 Å². The molecule has 0 spiro atoms. The van der Waals surface area contributed by atoms with Crippen molar-refractivity contribution in [2.45, 2.75) is 39.0 Å². The Kier molecular flexibility index (Phi) is 3.65. The molecule has 2 N–H and O–H groups in total. The van der Waals surface area contributed by atoms with E-state index >= 15 is 0 Å². The van der Waals surface area contributed by atoms with Gasteiger partial charge in [-0.15, -0.1) is 0 Å². The molecule has 0 aliphatic carbocycles. The first-order chi connectivity index (χ1) is 8.89. The molecule has 1 aromatic heterocycles. The van der Waals surface area contributed by atoms with E-state index in [1.807, 2.05) is 17.7 Å². The molecule has 0 atom stereocenters. The summed E-state index contributed by atoms with van der Waals surface area (Å²) in [5.74, 6) is 1.84. The second kappa shape index (κ2) is 5.08. The van der Waals surface area contributed by atoms with Crippen LogP contribution >= 0.6 is 0 Å². The number of nitrogens with zero attached hydrogens (tertiary/aromatic N) is 2. The summed E-state index contributed by atoms with van der Waals surface area (Å²) in [5, 5.41) is 0. The summed E-state index contributed by atoms with van der Waals surface area (Å²) in [6, 6.07) is 10.5. The molecule has 3 nitrogen and oxygen atoms in total. The molecular weight excluding hydrogens is 234 g/mol. The zero-order valence-corrected chi connectivity index (χ0v) is 12.3. The van der Waals surface area contributed by atoms with Crippen molar-refractivity contribution >= 4 is 5.82 Å². The summed E-state index contributed by atoms with van der Waals surface area (Å²) in [6.07, 6.45) is 1.87. The lowest BCUT2D eigenvalue weighted by molar-refractivity contribution is 0.523. The van der Waals surface area contributed by atoms with Gasteiger partial charge in [0.05, 0.1) is 5.69 Å². The lowest BCUT2D eigenvalue weighted by Crippen LogP contribution is -2.17. The molecule has 0 aliphatic heterocycles. The van der Waals surface area contributed by atoms with Gasteiger partial charge in [-0.25, -0.2) is 4.98 Å². The van der Waals surface area contributed by atoms with E-state index in [0.29, 0.717) is 0 Å². The highest BCUT2D eigenvalue weighted by molar-refractivity contribution is 5.40. The number of imidazole rings is 1. The molecule has 0 bridgehead atoms. The molecule has 19 heavy (non-hydrogen) atoms. The number of aryl methyl sites for hydroxylation is 2. The Balaban J connectivity index is 2.18. The van der Waals surface area contributed by atoms with Gasteiger partial charge in [0.1, 0.15) is 11.6 Å². The van der Waals surface area contributed by atoms with Gasteiger partial charge in [-0.2, -0.15) is 0 Å². The van der Waals surface area contributed by atoms with E-state index in [1.54, 1.807) is 0 Å². The number of benzene rings is 1. The second-order valence-corrected chi connectivity index (χ2v) is 6.06. The van der Waals surface area contributed by atoms with Gasteiger partial charge in [-0.1, -0.05) is 51.1 Å². The van der Waals surface area contributed by atoms with Crippen LogP contribution in [0.2, 0.25) is 0 Å². The van der Waals surface area contributed by atoms with Crippen molar-refractivity contribution in [1.82, 2.24) is 9.55 Å². The fourth-order valence-electron chi connectivity index (χ4n) is 2.33. The SMILES string of the molecule is Cn1c(C(C)(C)C)nc(CCc2ccccc2)c1N. The van der Waals surface area contributed by atoms with Gasteiger partial charge >= 0.3 is 0 Å². The standard InChI is InChI=1S/C16H23N3/c1-16(2,3)15-18-13(14(17)19(15)4)11-10-12-8-6-5-7-9-12/h5-9H,10-11,17H2,1-4H3. The molecule has 0 fully saturated rings. The van der Waals surface area contributed by atoms with Crippen LogP contribution in [0.15, 0.2) is 30.3 Å². The maximum Gasteiger partial charge on any atom is 0.126 e. The van der Waals surface area contributed by atoms with E-state index < -0.39 is 0 Å². The Bertz CT molecular complexity index is 547. The molecule has 102 valence electrons. The van der Waals surface area contributed by atoms with E-state index in [-0.39, 0.29) is 5.41 Å². The Morgan fingerprint density at radius 1 is 1.11 bits per heavy atom. The summed E-state index contributed by atoms with van der Waals surface area (Å²) >= 11 is 0. The molecule has 1 heterocycles. The normalized spacial score (nSPS) is 11.8. The Morgan fingerprint density at radius 2 is 1.74 bits per heavy atom. The van der Waals surface area contributed by atoms with Crippen molar-refractivity contribution in [3.63, 3.8) is 0 Å². The van der Waals surface area contributed by atoms with Crippen LogP contribution in [0.1, 0.15) is 37.9 Å². The van der Waals surface area contributed by atoms with Gasteiger partial charge in [0.25, 0.3) is 0 Å².